The van der Waals surface area contributed by atoms with E-state index in [4.69, 9.17) is 14.2 Å². The van der Waals surface area contributed by atoms with Gasteiger partial charge in [0.1, 0.15) is 22.6 Å². The Bertz CT molecular complexity index is 1150. The molecule has 0 aromatic heterocycles. The highest BCUT2D eigenvalue weighted by atomic mass is 32.2. The van der Waals surface area contributed by atoms with Crippen LogP contribution in [0.2, 0.25) is 0 Å². The number of anilines is 2. The number of hydrogen-bond acceptors (Lipinski definition) is 6. The number of thioether (sulfide) groups is 1. The van der Waals surface area contributed by atoms with Crippen molar-refractivity contribution in [2.45, 2.75) is 5.37 Å². The van der Waals surface area contributed by atoms with E-state index in [1.54, 1.807) is 68.3 Å². The molecule has 1 saturated heterocycles. The third-order valence-corrected chi connectivity index (χ3v) is 6.53. The van der Waals surface area contributed by atoms with Crippen LogP contribution in [0.25, 0.3) is 0 Å². The average Bonchev–Trinajstić information content (AvgIpc) is 3.25. The molecular weight excluding hydrogens is 440 g/mol. The molecule has 3 aromatic rings. The third-order valence-electron chi connectivity index (χ3n) is 5.32. The van der Waals surface area contributed by atoms with Crippen LogP contribution in [0.3, 0.4) is 0 Å². The quantitative estimate of drug-likeness (QED) is 0.544. The zero-order valence-corrected chi connectivity index (χ0v) is 19.3. The van der Waals surface area contributed by atoms with Crippen LogP contribution in [0.1, 0.15) is 21.3 Å². The van der Waals surface area contributed by atoms with Crippen LogP contribution in [-0.4, -0.2) is 38.9 Å². The van der Waals surface area contributed by atoms with E-state index in [-0.39, 0.29) is 17.2 Å². The first-order valence-electron chi connectivity index (χ1n) is 10.2. The summed E-state index contributed by atoms with van der Waals surface area (Å²) in [5, 5.41) is 2.69. The molecule has 1 fully saturated rings. The maximum absolute atomic E-state index is 12.7. The normalized spacial score (nSPS) is 15.3. The lowest BCUT2D eigenvalue weighted by Crippen LogP contribution is -2.28. The van der Waals surface area contributed by atoms with E-state index >= 15 is 0 Å². The maximum Gasteiger partial charge on any atom is 0.255 e. The summed E-state index contributed by atoms with van der Waals surface area (Å²) in [6.45, 7) is 0. The van der Waals surface area contributed by atoms with Crippen LogP contribution in [0.5, 0.6) is 17.2 Å². The van der Waals surface area contributed by atoms with Crippen molar-refractivity contribution >= 4 is 35.0 Å². The van der Waals surface area contributed by atoms with E-state index in [1.165, 1.54) is 0 Å². The molecule has 33 heavy (non-hydrogen) atoms. The van der Waals surface area contributed by atoms with Gasteiger partial charge in [-0.1, -0.05) is 12.1 Å². The molecule has 2 amide bonds. The SMILES string of the molecule is COc1ccc(C(=O)Nc2ccc(C3SCC(=O)N3c3ccc(OC)cc3OC)cc2)cc1. The van der Waals surface area contributed by atoms with Gasteiger partial charge in [-0.25, -0.2) is 0 Å². The summed E-state index contributed by atoms with van der Waals surface area (Å²) < 4.78 is 15.9. The number of hydrogen-bond donors (Lipinski definition) is 1. The van der Waals surface area contributed by atoms with Crippen LogP contribution in [0.15, 0.2) is 66.7 Å². The summed E-state index contributed by atoms with van der Waals surface area (Å²) in [5.74, 6) is 2.08. The molecule has 1 aliphatic heterocycles. The fourth-order valence-corrected chi connectivity index (χ4v) is 4.76. The molecule has 7 nitrogen and oxygen atoms in total. The summed E-state index contributed by atoms with van der Waals surface area (Å²) >= 11 is 1.55. The molecule has 8 heteroatoms. The predicted octanol–water partition coefficient (Wildman–Crippen LogP) is 4.74. The molecule has 1 unspecified atom stereocenters. The highest BCUT2D eigenvalue weighted by molar-refractivity contribution is 8.00. The van der Waals surface area contributed by atoms with E-state index in [0.717, 1.165) is 5.56 Å². The lowest BCUT2D eigenvalue weighted by molar-refractivity contribution is -0.115. The Balaban J connectivity index is 1.53. The Kier molecular flexibility index (Phi) is 6.74. The first-order valence-corrected chi connectivity index (χ1v) is 11.3. The number of benzene rings is 3. The van der Waals surface area contributed by atoms with Gasteiger partial charge in [0.2, 0.25) is 5.91 Å². The second-order valence-corrected chi connectivity index (χ2v) is 8.34. The van der Waals surface area contributed by atoms with Crippen LogP contribution in [0.4, 0.5) is 11.4 Å². The number of ether oxygens (including phenoxy) is 3. The standard InChI is InChI=1S/C25H24N2O5S/c1-30-19-10-6-16(7-11-19)24(29)26-18-8-4-17(5-9-18)25-27(23(28)15-33-25)21-13-12-20(31-2)14-22(21)32-3/h4-14,25H,15H2,1-3H3,(H,26,29). The number of carbonyl (C=O) groups is 2. The third kappa shape index (κ3) is 4.75. The number of rotatable bonds is 7. The van der Waals surface area contributed by atoms with Crippen LogP contribution < -0.4 is 24.4 Å². The molecule has 0 saturated carbocycles. The van der Waals surface area contributed by atoms with E-state index in [0.29, 0.717) is 39.9 Å². The molecular formula is C25H24N2O5S. The van der Waals surface area contributed by atoms with Crippen molar-refractivity contribution in [2.24, 2.45) is 0 Å². The van der Waals surface area contributed by atoms with Crippen molar-refractivity contribution < 1.29 is 23.8 Å². The highest BCUT2D eigenvalue weighted by Crippen LogP contribution is 2.45. The highest BCUT2D eigenvalue weighted by Gasteiger charge is 2.35. The maximum atomic E-state index is 12.7. The van der Waals surface area contributed by atoms with Crippen molar-refractivity contribution in [3.63, 3.8) is 0 Å². The van der Waals surface area contributed by atoms with Gasteiger partial charge in [0.25, 0.3) is 5.91 Å². The number of nitrogens with zero attached hydrogens (tertiary/aromatic N) is 1. The summed E-state index contributed by atoms with van der Waals surface area (Å²) in [4.78, 5) is 27.0. The van der Waals surface area contributed by atoms with Crippen molar-refractivity contribution in [1.82, 2.24) is 0 Å². The van der Waals surface area contributed by atoms with Gasteiger partial charge in [0.05, 0.1) is 32.8 Å². The summed E-state index contributed by atoms with van der Waals surface area (Å²) in [5.41, 5.74) is 2.85. The van der Waals surface area contributed by atoms with Gasteiger partial charge in [-0.05, 0) is 54.1 Å². The molecule has 0 aliphatic carbocycles. The minimum absolute atomic E-state index is 0.00496. The number of methoxy groups -OCH3 is 3. The Hall–Kier alpha value is -3.65. The van der Waals surface area contributed by atoms with Gasteiger partial charge in [-0.2, -0.15) is 0 Å². The molecule has 3 aromatic carbocycles. The minimum atomic E-state index is -0.208. The van der Waals surface area contributed by atoms with Gasteiger partial charge >= 0.3 is 0 Å². The Morgan fingerprint density at radius 1 is 0.909 bits per heavy atom. The molecule has 1 heterocycles. The van der Waals surface area contributed by atoms with Crippen molar-refractivity contribution in [3.05, 3.63) is 77.9 Å². The minimum Gasteiger partial charge on any atom is -0.497 e. The molecule has 0 radical (unpaired) electrons. The van der Waals surface area contributed by atoms with Gasteiger partial charge in [0, 0.05) is 17.3 Å². The Morgan fingerprint density at radius 2 is 1.58 bits per heavy atom. The van der Waals surface area contributed by atoms with Crippen molar-refractivity contribution in [1.29, 1.82) is 0 Å². The van der Waals surface area contributed by atoms with Gasteiger partial charge in [-0.3, -0.25) is 14.5 Å². The van der Waals surface area contributed by atoms with Gasteiger partial charge in [0.15, 0.2) is 0 Å². The fraction of sp³-hybridized carbons (Fsp3) is 0.200. The number of carbonyl (C=O) groups excluding carboxylic acids is 2. The lowest BCUT2D eigenvalue weighted by atomic mass is 10.1. The topological polar surface area (TPSA) is 77.1 Å². The average molecular weight is 465 g/mol. The molecule has 1 N–H and O–H groups in total. The van der Waals surface area contributed by atoms with E-state index in [1.807, 2.05) is 36.4 Å². The van der Waals surface area contributed by atoms with Crippen LogP contribution in [-0.2, 0) is 4.79 Å². The molecule has 4 rings (SSSR count). The van der Waals surface area contributed by atoms with E-state index in [9.17, 15) is 9.59 Å². The first kappa shape index (κ1) is 22.5. The van der Waals surface area contributed by atoms with Crippen molar-refractivity contribution in [3.8, 4) is 17.2 Å². The van der Waals surface area contributed by atoms with E-state index < -0.39 is 0 Å². The number of amides is 2. The molecule has 170 valence electrons. The summed E-state index contributed by atoms with van der Waals surface area (Å²) in [6.07, 6.45) is 0. The van der Waals surface area contributed by atoms with E-state index in [2.05, 4.69) is 5.32 Å². The van der Waals surface area contributed by atoms with Crippen LogP contribution >= 0.6 is 11.8 Å². The monoisotopic (exact) mass is 464 g/mol. The summed E-state index contributed by atoms with van der Waals surface area (Å²) in [6, 6.07) is 19.8. The van der Waals surface area contributed by atoms with Gasteiger partial charge in [-0.15, -0.1) is 11.8 Å². The second-order valence-electron chi connectivity index (χ2n) is 7.27. The first-order chi connectivity index (χ1) is 16.0. The fourth-order valence-electron chi connectivity index (χ4n) is 3.59. The van der Waals surface area contributed by atoms with Gasteiger partial charge < -0.3 is 19.5 Å². The Labute approximate surface area is 196 Å². The molecule has 1 atom stereocenters. The zero-order chi connectivity index (χ0) is 23.4. The lowest BCUT2D eigenvalue weighted by Gasteiger charge is -2.26. The smallest absolute Gasteiger partial charge is 0.255 e. The van der Waals surface area contributed by atoms with Crippen LogP contribution in [0, 0.1) is 0 Å². The second kappa shape index (κ2) is 9.87. The van der Waals surface area contributed by atoms with Crippen molar-refractivity contribution in [2.75, 3.05) is 37.3 Å². The summed E-state index contributed by atoms with van der Waals surface area (Å²) in [7, 11) is 4.74. The molecule has 0 bridgehead atoms. The number of nitrogens with one attached hydrogen (secondary N) is 1. The predicted molar refractivity (Wildman–Crippen MR) is 130 cm³/mol. The Morgan fingerprint density at radius 3 is 2.21 bits per heavy atom. The zero-order valence-electron chi connectivity index (χ0n) is 18.5. The largest absolute Gasteiger partial charge is 0.497 e. The molecule has 1 aliphatic rings. The molecule has 0 spiro atoms.